The van der Waals surface area contributed by atoms with Crippen LogP contribution in [0, 0.1) is 5.92 Å². The second-order valence-electron chi connectivity index (χ2n) is 6.86. The van der Waals surface area contributed by atoms with Gasteiger partial charge in [0.1, 0.15) is 24.1 Å². The third-order valence-electron chi connectivity index (χ3n) is 4.66. The molecule has 0 aliphatic carbocycles. The summed E-state index contributed by atoms with van der Waals surface area (Å²) in [5.41, 5.74) is 1.27. The van der Waals surface area contributed by atoms with E-state index in [-0.39, 0.29) is 5.92 Å². The standard InChI is InChI=1S/C19H20ClF3N6O/c1-3-10(2)15(18(30)27-9-19(21,22)23)28-14-4-5-24-17(29-14)13-8-26-16-12(13)6-11(20)7-25-16/h4-8,10,15H,3,9H2,1-2H3,(H,25,26)(H,27,30)(H,24,28,29)/t10-,15+/m1/s1. The molecule has 0 spiro atoms. The molecule has 30 heavy (non-hydrogen) atoms. The number of hydrogen-bond donors (Lipinski definition) is 3. The number of anilines is 1. The van der Waals surface area contributed by atoms with Gasteiger partial charge in [0.2, 0.25) is 5.91 Å². The molecule has 0 aliphatic rings. The van der Waals surface area contributed by atoms with Crippen LogP contribution in [0.4, 0.5) is 19.0 Å². The molecule has 0 saturated carbocycles. The van der Waals surface area contributed by atoms with E-state index < -0.39 is 24.7 Å². The molecule has 2 atom stereocenters. The molecule has 160 valence electrons. The highest BCUT2D eigenvalue weighted by Crippen LogP contribution is 2.28. The van der Waals surface area contributed by atoms with Crippen molar-refractivity contribution >= 4 is 34.4 Å². The lowest BCUT2D eigenvalue weighted by Gasteiger charge is -2.24. The van der Waals surface area contributed by atoms with E-state index in [4.69, 9.17) is 11.6 Å². The number of rotatable bonds is 7. The molecule has 11 heteroatoms. The fourth-order valence-electron chi connectivity index (χ4n) is 2.89. The maximum Gasteiger partial charge on any atom is 0.405 e. The molecule has 0 radical (unpaired) electrons. The first-order chi connectivity index (χ1) is 14.2. The Labute approximate surface area is 175 Å². The van der Waals surface area contributed by atoms with Gasteiger partial charge in [-0.05, 0) is 18.1 Å². The zero-order chi connectivity index (χ0) is 21.9. The highest BCUT2D eigenvalue weighted by atomic mass is 35.5. The molecule has 0 fully saturated rings. The van der Waals surface area contributed by atoms with E-state index in [0.717, 1.165) is 5.39 Å². The number of halogens is 4. The number of H-pyrrole nitrogens is 1. The number of amides is 1. The Hall–Kier alpha value is -2.88. The molecule has 0 aromatic carbocycles. The molecule has 0 aliphatic heterocycles. The van der Waals surface area contributed by atoms with Gasteiger partial charge >= 0.3 is 6.18 Å². The van der Waals surface area contributed by atoms with Crippen LogP contribution in [0.3, 0.4) is 0 Å². The van der Waals surface area contributed by atoms with Gasteiger partial charge in [-0.25, -0.2) is 15.0 Å². The van der Waals surface area contributed by atoms with E-state index in [0.29, 0.717) is 34.3 Å². The molecule has 0 unspecified atom stereocenters. The Morgan fingerprint density at radius 3 is 2.80 bits per heavy atom. The summed E-state index contributed by atoms with van der Waals surface area (Å²) in [6, 6.07) is 2.39. The monoisotopic (exact) mass is 440 g/mol. The van der Waals surface area contributed by atoms with E-state index in [9.17, 15) is 18.0 Å². The summed E-state index contributed by atoms with van der Waals surface area (Å²) in [7, 11) is 0. The van der Waals surface area contributed by atoms with Gasteiger partial charge in [-0.3, -0.25) is 4.79 Å². The SMILES string of the molecule is CC[C@@H](C)[C@H](Nc1ccnc(-c2c[nH]c3ncc(Cl)cc23)n1)C(=O)NCC(F)(F)F. The predicted octanol–water partition coefficient (Wildman–Crippen LogP) is 4.18. The maximum atomic E-state index is 12.5. The minimum absolute atomic E-state index is 0.229. The number of pyridine rings is 1. The Kier molecular flexibility index (Phi) is 6.45. The van der Waals surface area contributed by atoms with Gasteiger partial charge in [0.05, 0.1) is 5.02 Å². The Morgan fingerprint density at radius 2 is 2.10 bits per heavy atom. The van der Waals surface area contributed by atoms with Gasteiger partial charge in [0.15, 0.2) is 5.82 Å². The van der Waals surface area contributed by atoms with Crippen molar-refractivity contribution in [3.05, 3.63) is 35.7 Å². The van der Waals surface area contributed by atoms with Crippen LogP contribution >= 0.6 is 11.6 Å². The third-order valence-corrected chi connectivity index (χ3v) is 4.86. The number of fused-ring (bicyclic) bond motifs is 1. The van der Waals surface area contributed by atoms with Gasteiger partial charge < -0.3 is 15.6 Å². The van der Waals surface area contributed by atoms with E-state index >= 15 is 0 Å². The van der Waals surface area contributed by atoms with Crippen LogP contribution in [0.25, 0.3) is 22.4 Å². The first kappa shape index (κ1) is 21.8. The number of hydrogen-bond acceptors (Lipinski definition) is 5. The third kappa shape index (κ3) is 5.18. The highest BCUT2D eigenvalue weighted by Gasteiger charge is 2.31. The molecule has 0 bridgehead atoms. The van der Waals surface area contributed by atoms with E-state index in [1.165, 1.54) is 12.4 Å². The topological polar surface area (TPSA) is 95.6 Å². The van der Waals surface area contributed by atoms with Gasteiger partial charge in [0.25, 0.3) is 0 Å². The van der Waals surface area contributed by atoms with E-state index in [2.05, 4.69) is 25.3 Å². The van der Waals surface area contributed by atoms with Gasteiger partial charge in [-0.2, -0.15) is 13.2 Å². The van der Waals surface area contributed by atoms with Crippen LogP contribution < -0.4 is 10.6 Å². The Balaban J connectivity index is 1.86. The average molecular weight is 441 g/mol. The van der Waals surface area contributed by atoms with Crippen LogP contribution in [0.15, 0.2) is 30.7 Å². The Bertz CT molecular complexity index is 1040. The minimum atomic E-state index is -4.48. The summed E-state index contributed by atoms with van der Waals surface area (Å²) in [6.45, 7) is 2.24. The molecule has 3 N–H and O–H groups in total. The van der Waals surface area contributed by atoms with Gasteiger partial charge in [0, 0.05) is 29.5 Å². The summed E-state index contributed by atoms with van der Waals surface area (Å²) in [5.74, 6) is -0.302. The number of aromatic nitrogens is 4. The first-order valence-electron chi connectivity index (χ1n) is 9.25. The highest BCUT2D eigenvalue weighted by molar-refractivity contribution is 6.31. The number of aromatic amines is 1. The largest absolute Gasteiger partial charge is 0.405 e. The van der Waals surface area contributed by atoms with Crippen LogP contribution in [0.2, 0.25) is 5.02 Å². The minimum Gasteiger partial charge on any atom is -0.358 e. The summed E-state index contributed by atoms with van der Waals surface area (Å²) in [6.07, 6.45) is 0.807. The normalized spacial score (nSPS) is 13.8. The summed E-state index contributed by atoms with van der Waals surface area (Å²) in [4.78, 5) is 28.3. The van der Waals surface area contributed by atoms with Crippen molar-refractivity contribution in [3.63, 3.8) is 0 Å². The molecular formula is C19H20ClF3N6O. The molecule has 0 saturated heterocycles. The van der Waals surface area contributed by atoms with Crippen molar-refractivity contribution in [2.24, 2.45) is 5.92 Å². The van der Waals surface area contributed by atoms with Crippen LogP contribution in [-0.4, -0.2) is 44.6 Å². The van der Waals surface area contributed by atoms with Crippen molar-refractivity contribution in [1.29, 1.82) is 0 Å². The summed E-state index contributed by atoms with van der Waals surface area (Å²) >= 11 is 6.03. The lowest BCUT2D eigenvalue weighted by molar-refractivity contribution is -0.139. The smallest absolute Gasteiger partial charge is 0.358 e. The van der Waals surface area contributed by atoms with E-state index in [1.807, 2.05) is 12.2 Å². The number of carbonyl (C=O) groups excluding carboxylic acids is 1. The number of nitrogens with zero attached hydrogens (tertiary/aromatic N) is 3. The van der Waals surface area contributed by atoms with Crippen molar-refractivity contribution in [2.75, 3.05) is 11.9 Å². The molecule has 3 aromatic heterocycles. The van der Waals surface area contributed by atoms with Crippen LogP contribution in [0.5, 0.6) is 0 Å². The zero-order valence-electron chi connectivity index (χ0n) is 16.2. The lowest BCUT2D eigenvalue weighted by Crippen LogP contribution is -2.46. The average Bonchev–Trinajstić information content (AvgIpc) is 3.12. The van der Waals surface area contributed by atoms with Crippen LogP contribution in [-0.2, 0) is 4.79 Å². The van der Waals surface area contributed by atoms with Crippen molar-refractivity contribution in [1.82, 2.24) is 25.3 Å². The molecule has 7 nitrogen and oxygen atoms in total. The second-order valence-corrected chi connectivity index (χ2v) is 7.29. The van der Waals surface area contributed by atoms with Crippen molar-refractivity contribution in [3.8, 4) is 11.4 Å². The van der Waals surface area contributed by atoms with Crippen molar-refractivity contribution < 1.29 is 18.0 Å². The number of alkyl halides is 3. The van der Waals surface area contributed by atoms with Crippen molar-refractivity contribution in [2.45, 2.75) is 32.5 Å². The fraction of sp³-hybridized carbons (Fsp3) is 0.368. The molecule has 3 aromatic rings. The predicted molar refractivity (Wildman–Crippen MR) is 108 cm³/mol. The number of nitrogens with one attached hydrogen (secondary N) is 3. The number of carbonyl (C=O) groups is 1. The first-order valence-corrected chi connectivity index (χ1v) is 9.62. The quantitative estimate of drug-likeness (QED) is 0.512. The molecule has 3 heterocycles. The fourth-order valence-corrected chi connectivity index (χ4v) is 3.05. The molecular weight excluding hydrogens is 421 g/mol. The van der Waals surface area contributed by atoms with E-state index in [1.54, 1.807) is 25.3 Å². The van der Waals surface area contributed by atoms with Gasteiger partial charge in [-0.1, -0.05) is 31.9 Å². The summed E-state index contributed by atoms with van der Waals surface area (Å²) in [5, 5.41) is 6.06. The van der Waals surface area contributed by atoms with Gasteiger partial charge in [-0.15, -0.1) is 0 Å². The molecule has 1 amide bonds. The lowest BCUT2D eigenvalue weighted by atomic mass is 9.98. The second kappa shape index (κ2) is 8.86. The zero-order valence-corrected chi connectivity index (χ0v) is 17.0. The Morgan fingerprint density at radius 1 is 1.33 bits per heavy atom. The van der Waals surface area contributed by atoms with Crippen LogP contribution in [0.1, 0.15) is 20.3 Å². The molecule has 3 rings (SSSR count). The maximum absolute atomic E-state index is 12.5. The summed E-state index contributed by atoms with van der Waals surface area (Å²) < 4.78 is 37.4.